The summed E-state index contributed by atoms with van der Waals surface area (Å²) in [6, 6.07) is 19.5. The zero-order valence-electron chi connectivity index (χ0n) is 16.4. The van der Waals surface area contributed by atoms with Crippen molar-refractivity contribution in [3.8, 4) is 0 Å². The molecule has 3 aromatic carbocycles. The summed E-state index contributed by atoms with van der Waals surface area (Å²) in [4.78, 5) is 27.1. The van der Waals surface area contributed by atoms with Crippen molar-refractivity contribution >= 4 is 27.9 Å². The van der Waals surface area contributed by atoms with Crippen LogP contribution in [0, 0.1) is 10.1 Å². The second kappa shape index (κ2) is 8.01. The lowest BCUT2D eigenvalue weighted by atomic mass is 10.0. The predicted octanol–water partition coefficient (Wildman–Crippen LogP) is 4.27. The number of nitro groups is 1. The maximum atomic E-state index is 11.6. The number of carbonyl (C=O) groups is 1. The van der Waals surface area contributed by atoms with Crippen molar-refractivity contribution < 1.29 is 9.72 Å². The number of ketones is 1. The minimum absolute atomic E-state index is 0.000188. The molecular formula is C23H23N3O3. The molecule has 1 aliphatic heterocycles. The van der Waals surface area contributed by atoms with Crippen molar-refractivity contribution in [2.75, 3.05) is 31.1 Å². The molecule has 0 radical (unpaired) electrons. The number of hydrogen-bond acceptors (Lipinski definition) is 5. The molecule has 0 spiro atoms. The number of hydrogen-bond donors (Lipinski definition) is 0. The number of Topliss-reactive ketones (excluding diaryl/α,β-unsaturated/α-hetero) is 1. The highest BCUT2D eigenvalue weighted by molar-refractivity contribution is 5.95. The Bertz CT molecular complexity index is 1070. The molecule has 29 heavy (non-hydrogen) atoms. The van der Waals surface area contributed by atoms with Crippen LogP contribution in [-0.2, 0) is 6.54 Å². The lowest BCUT2D eigenvalue weighted by molar-refractivity contribution is -0.384. The van der Waals surface area contributed by atoms with E-state index in [4.69, 9.17) is 0 Å². The Morgan fingerprint density at radius 1 is 1.00 bits per heavy atom. The third-order valence-electron chi connectivity index (χ3n) is 5.57. The van der Waals surface area contributed by atoms with Gasteiger partial charge in [0.05, 0.1) is 4.92 Å². The Morgan fingerprint density at radius 3 is 2.45 bits per heavy atom. The zero-order chi connectivity index (χ0) is 20.4. The first-order chi connectivity index (χ1) is 14.0. The van der Waals surface area contributed by atoms with E-state index < -0.39 is 4.92 Å². The molecule has 0 saturated carbocycles. The van der Waals surface area contributed by atoms with Crippen molar-refractivity contribution in [2.24, 2.45) is 0 Å². The third-order valence-corrected chi connectivity index (χ3v) is 5.57. The number of nitro benzene ring substituents is 1. The highest BCUT2D eigenvalue weighted by atomic mass is 16.6. The van der Waals surface area contributed by atoms with Gasteiger partial charge in [-0.1, -0.05) is 42.5 Å². The van der Waals surface area contributed by atoms with Gasteiger partial charge in [-0.05, 0) is 35.4 Å². The lowest BCUT2D eigenvalue weighted by Gasteiger charge is -2.36. The van der Waals surface area contributed by atoms with Crippen LogP contribution in [0.5, 0.6) is 0 Å². The van der Waals surface area contributed by atoms with E-state index in [-0.39, 0.29) is 11.5 Å². The van der Waals surface area contributed by atoms with Crippen molar-refractivity contribution in [2.45, 2.75) is 13.5 Å². The largest absolute Gasteiger partial charge is 0.363 e. The zero-order valence-corrected chi connectivity index (χ0v) is 16.4. The Morgan fingerprint density at radius 2 is 1.72 bits per heavy atom. The Kier molecular flexibility index (Phi) is 5.27. The van der Waals surface area contributed by atoms with Gasteiger partial charge in [-0.3, -0.25) is 19.8 Å². The lowest BCUT2D eigenvalue weighted by Crippen LogP contribution is -2.46. The van der Waals surface area contributed by atoms with Gasteiger partial charge in [0.2, 0.25) is 0 Å². The van der Waals surface area contributed by atoms with Gasteiger partial charge in [0.25, 0.3) is 5.69 Å². The fraction of sp³-hybridized carbons (Fsp3) is 0.261. The molecule has 0 amide bonds. The highest BCUT2D eigenvalue weighted by Gasteiger charge is 2.25. The number of rotatable bonds is 5. The SMILES string of the molecule is CC(=O)c1ccc(N2CCN(Cc3cccc4ccccc34)CC2)c([N+](=O)[O-])c1. The number of fused-ring (bicyclic) bond motifs is 1. The molecule has 3 aromatic rings. The second-order valence-corrected chi connectivity index (χ2v) is 7.42. The van der Waals surface area contributed by atoms with E-state index in [0.717, 1.165) is 19.6 Å². The van der Waals surface area contributed by atoms with Gasteiger partial charge >= 0.3 is 0 Å². The molecule has 1 saturated heterocycles. The van der Waals surface area contributed by atoms with E-state index in [1.165, 1.54) is 29.3 Å². The molecule has 1 aliphatic rings. The standard InChI is InChI=1S/C23H23N3O3/c1-17(27)19-9-10-22(23(15-19)26(28)29)25-13-11-24(12-14-25)16-20-7-4-6-18-5-2-3-8-21(18)20/h2-10,15H,11-14,16H2,1H3. The Balaban J connectivity index is 1.48. The second-order valence-electron chi connectivity index (χ2n) is 7.42. The number of anilines is 1. The summed E-state index contributed by atoms with van der Waals surface area (Å²) < 4.78 is 0. The van der Waals surface area contributed by atoms with E-state index in [1.807, 2.05) is 4.90 Å². The number of benzene rings is 3. The first kappa shape index (κ1) is 19.1. The van der Waals surface area contributed by atoms with Gasteiger partial charge in [0.15, 0.2) is 5.78 Å². The summed E-state index contributed by atoms with van der Waals surface area (Å²) >= 11 is 0. The Hall–Kier alpha value is -3.25. The average Bonchev–Trinajstić information content (AvgIpc) is 2.74. The normalized spacial score (nSPS) is 14.9. The van der Waals surface area contributed by atoms with Crippen LogP contribution in [0.3, 0.4) is 0 Å². The minimum Gasteiger partial charge on any atom is -0.363 e. The first-order valence-corrected chi connectivity index (χ1v) is 9.76. The molecule has 6 heteroatoms. The molecule has 1 heterocycles. The molecule has 6 nitrogen and oxygen atoms in total. The topological polar surface area (TPSA) is 66.7 Å². The number of piperazine rings is 1. The fourth-order valence-electron chi connectivity index (χ4n) is 3.97. The average molecular weight is 389 g/mol. The summed E-state index contributed by atoms with van der Waals surface area (Å²) in [6.45, 7) is 5.37. The molecular weight excluding hydrogens is 366 g/mol. The van der Waals surface area contributed by atoms with Crippen molar-refractivity contribution in [3.63, 3.8) is 0 Å². The molecule has 0 atom stereocenters. The van der Waals surface area contributed by atoms with Crippen molar-refractivity contribution in [3.05, 3.63) is 81.9 Å². The highest BCUT2D eigenvalue weighted by Crippen LogP contribution is 2.30. The maximum absolute atomic E-state index is 11.6. The molecule has 0 bridgehead atoms. The van der Waals surface area contributed by atoms with Crippen LogP contribution in [0.4, 0.5) is 11.4 Å². The molecule has 0 aromatic heterocycles. The van der Waals surface area contributed by atoms with Gasteiger partial charge in [-0.15, -0.1) is 0 Å². The summed E-state index contributed by atoms with van der Waals surface area (Å²) in [6.07, 6.45) is 0. The smallest absolute Gasteiger partial charge is 0.293 e. The van der Waals surface area contributed by atoms with Crippen LogP contribution in [0.1, 0.15) is 22.8 Å². The van der Waals surface area contributed by atoms with Crippen molar-refractivity contribution in [1.29, 1.82) is 0 Å². The molecule has 0 unspecified atom stereocenters. The third kappa shape index (κ3) is 3.98. The van der Waals surface area contributed by atoms with E-state index >= 15 is 0 Å². The van der Waals surface area contributed by atoms with Crippen LogP contribution < -0.4 is 4.90 Å². The van der Waals surface area contributed by atoms with E-state index in [0.29, 0.717) is 24.3 Å². The molecule has 1 fully saturated rings. The van der Waals surface area contributed by atoms with Crippen LogP contribution in [0.25, 0.3) is 10.8 Å². The van der Waals surface area contributed by atoms with Crippen LogP contribution in [-0.4, -0.2) is 41.8 Å². The minimum atomic E-state index is -0.399. The van der Waals surface area contributed by atoms with Gasteiger partial charge in [-0.2, -0.15) is 0 Å². The molecule has 4 rings (SSSR count). The van der Waals surface area contributed by atoms with E-state index in [1.54, 1.807) is 12.1 Å². The van der Waals surface area contributed by atoms with Gasteiger partial charge < -0.3 is 4.90 Å². The maximum Gasteiger partial charge on any atom is 0.293 e. The monoisotopic (exact) mass is 389 g/mol. The first-order valence-electron chi connectivity index (χ1n) is 9.76. The summed E-state index contributed by atoms with van der Waals surface area (Å²) in [5.41, 5.74) is 2.26. The van der Waals surface area contributed by atoms with Gasteiger partial charge in [0.1, 0.15) is 5.69 Å². The fourth-order valence-corrected chi connectivity index (χ4v) is 3.97. The molecule has 148 valence electrons. The molecule has 0 aliphatic carbocycles. The predicted molar refractivity (Wildman–Crippen MR) is 115 cm³/mol. The van der Waals surface area contributed by atoms with Gasteiger partial charge in [-0.25, -0.2) is 0 Å². The van der Waals surface area contributed by atoms with Crippen LogP contribution in [0.2, 0.25) is 0 Å². The van der Waals surface area contributed by atoms with Crippen molar-refractivity contribution in [1.82, 2.24) is 4.90 Å². The number of nitrogens with zero attached hydrogens (tertiary/aromatic N) is 3. The Labute approximate surface area is 169 Å². The van der Waals surface area contributed by atoms with Crippen LogP contribution >= 0.6 is 0 Å². The quantitative estimate of drug-likeness (QED) is 0.370. The summed E-state index contributed by atoms with van der Waals surface area (Å²) in [7, 11) is 0. The van der Waals surface area contributed by atoms with Gasteiger partial charge in [0, 0.05) is 44.4 Å². The van der Waals surface area contributed by atoms with E-state index in [2.05, 4.69) is 47.4 Å². The summed E-state index contributed by atoms with van der Waals surface area (Å²) in [5.74, 6) is -0.167. The van der Waals surface area contributed by atoms with E-state index in [9.17, 15) is 14.9 Å². The molecule has 0 N–H and O–H groups in total. The number of carbonyl (C=O) groups excluding carboxylic acids is 1. The summed E-state index contributed by atoms with van der Waals surface area (Å²) in [5, 5.41) is 14.0. The van der Waals surface area contributed by atoms with Crippen LogP contribution in [0.15, 0.2) is 60.7 Å².